The van der Waals surface area contributed by atoms with Crippen LogP contribution in [0.1, 0.15) is 33.6 Å². The summed E-state index contributed by atoms with van der Waals surface area (Å²) >= 11 is 0. The average molecular weight is 216 g/mol. The Morgan fingerprint density at radius 3 is 2.60 bits per heavy atom. The van der Waals surface area contributed by atoms with Gasteiger partial charge < -0.3 is 15.8 Å². The van der Waals surface area contributed by atoms with Crippen molar-refractivity contribution in [2.75, 3.05) is 19.7 Å². The second-order valence-corrected chi connectivity index (χ2v) is 4.22. The zero-order valence-corrected chi connectivity index (χ0v) is 10.1. The molecule has 4 heteroatoms. The van der Waals surface area contributed by atoms with E-state index in [1.54, 1.807) is 0 Å². The molecule has 15 heavy (non-hydrogen) atoms. The molecule has 90 valence electrons. The maximum Gasteiger partial charge on any atom is 0.407 e. The first-order valence-corrected chi connectivity index (χ1v) is 5.70. The molecule has 0 radical (unpaired) electrons. The van der Waals surface area contributed by atoms with E-state index >= 15 is 0 Å². The second-order valence-electron chi connectivity index (χ2n) is 4.22. The van der Waals surface area contributed by atoms with E-state index in [0.717, 1.165) is 12.8 Å². The topological polar surface area (TPSA) is 64.3 Å². The number of hydrogen-bond acceptors (Lipinski definition) is 3. The van der Waals surface area contributed by atoms with E-state index in [1.807, 2.05) is 13.8 Å². The highest BCUT2D eigenvalue weighted by molar-refractivity contribution is 5.67. The van der Waals surface area contributed by atoms with E-state index in [4.69, 9.17) is 10.5 Å². The lowest BCUT2D eigenvalue weighted by molar-refractivity contribution is 0.131. The molecule has 3 N–H and O–H groups in total. The lowest BCUT2D eigenvalue weighted by Gasteiger charge is -2.15. The van der Waals surface area contributed by atoms with Gasteiger partial charge >= 0.3 is 6.09 Å². The van der Waals surface area contributed by atoms with Crippen molar-refractivity contribution in [1.82, 2.24) is 5.32 Å². The van der Waals surface area contributed by atoms with Gasteiger partial charge in [0, 0.05) is 6.54 Å². The molecule has 0 saturated heterocycles. The molecule has 0 saturated carbocycles. The van der Waals surface area contributed by atoms with Crippen LogP contribution in [0.2, 0.25) is 0 Å². The van der Waals surface area contributed by atoms with Gasteiger partial charge in [0.1, 0.15) is 0 Å². The number of ether oxygens (including phenoxy) is 1. The van der Waals surface area contributed by atoms with Crippen molar-refractivity contribution in [2.45, 2.75) is 33.6 Å². The monoisotopic (exact) mass is 216 g/mol. The van der Waals surface area contributed by atoms with Gasteiger partial charge in [-0.3, -0.25) is 0 Å². The first-order chi connectivity index (χ1) is 7.10. The Morgan fingerprint density at radius 1 is 1.47 bits per heavy atom. The van der Waals surface area contributed by atoms with Crippen LogP contribution in [-0.2, 0) is 4.74 Å². The number of amides is 1. The largest absolute Gasteiger partial charge is 0.449 e. The normalized spacial score (nSPS) is 12.6. The molecule has 1 atom stereocenters. The van der Waals surface area contributed by atoms with E-state index in [-0.39, 0.29) is 6.09 Å². The molecule has 0 aliphatic heterocycles. The Morgan fingerprint density at radius 2 is 2.13 bits per heavy atom. The Bertz CT molecular complexity index is 172. The van der Waals surface area contributed by atoms with Crippen molar-refractivity contribution >= 4 is 6.09 Å². The molecule has 0 spiro atoms. The lowest BCUT2D eigenvalue weighted by atomic mass is 10.0. The van der Waals surface area contributed by atoms with Crippen LogP contribution in [0.4, 0.5) is 4.79 Å². The summed E-state index contributed by atoms with van der Waals surface area (Å²) in [7, 11) is 0. The fourth-order valence-corrected chi connectivity index (χ4v) is 1.21. The highest BCUT2D eigenvalue weighted by Gasteiger charge is 2.08. The molecule has 0 bridgehead atoms. The Hall–Kier alpha value is -0.770. The molecule has 1 unspecified atom stereocenters. The summed E-state index contributed by atoms with van der Waals surface area (Å²) in [6.07, 6.45) is 1.65. The van der Waals surface area contributed by atoms with E-state index in [9.17, 15) is 4.79 Å². The second kappa shape index (κ2) is 8.53. The third-order valence-electron chi connectivity index (χ3n) is 2.24. The van der Waals surface area contributed by atoms with E-state index < -0.39 is 0 Å². The first-order valence-electron chi connectivity index (χ1n) is 5.70. The van der Waals surface area contributed by atoms with Gasteiger partial charge in [0.15, 0.2) is 0 Å². The van der Waals surface area contributed by atoms with Crippen LogP contribution >= 0.6 is 0 Å². The molecule has 0 aliphatic carbocycles. The minimum absolute atomic E-state index is 0.320. The number of rotatable bonds is 7. The van der Waals surface area contributed by atoms with Crippen molar-refractivity contribution in [3.05, 3.63) is 0 Å². The van der Waals surface area contributed by atoms with Gasteiger partial charge in [0.05, 0.1) is 6.61 Å². The summed E-state index contributed by atoms with van der Waals surface area (Å²) in [5.74, 6) is 0.836. The van der Waals surface area contributed by atoms with Crippen molar-refractivity contribution in [2.24, 2.45) is 17.6 Å². The molecule has 0 aromatic rings. The summed E-state index contributed by atoms with van der Waals surface area (Å²) in [5, 5.41) is 2.76. The molecule has 0 heterocycles. The van der Waals surface area contributed by atoms with Crippen LogP contribution in [-0.4, -0.2) is 25.8 Å². The minimum atomic E-state index is -0.320. The predicted octanol–water partition coefficient (Wildman–Crippen LogP) is 1.74. The molecule has 0 aromatic carbocycles. The van der Waals surface area contributed by atoms with Crippen LogP contribution in [0.5, 0.6) is 0 Å². The third kappa shape index (κ3) is 8.24. The van der Waals surface area contributed by atoms with E-state index in [0.29, 0.717) is 31.5 Å². The highest BCUT2D eigenvalue weighted by atomic mass is 16.5. The SMILES string of the molecule is CCC(CCN)CNC(=O)OCC(C)C. The van der Waals surface area contributed by atoms with E-state index in [2.05, 4.69) is 12.2 Å². The number of carbonyl (C=O) groups excluding carboxylic acids is 1. The van der Waals surface area contributed by atoms with E-state index in [1.165, 1.54) is 0 Å². The Balaban J connectivity index is 3.59. The van der Waals surface area contributed by atoms with Crippen LogP contribution in [0.3, 0.4) is 0 Å². The summed E-state index contributed by atoms with van der Waals surface area (Å²) in [6, 6.07) is 0. The number of nitrogens with one attached hydrogen (secondary N) is 1. The first kappa shape index (κ1) is 14.2. The van der Waals surface area contributed by atoms with Crippen molar-refractivity contribution in [3.8, 4) is 0 Å². The Kier molecular flexibility index (Phi) is 8.09. The average Bonchev–Trinajstić information content (AvgIpc) is 2.21. The van der Waals surface area contributed by atoms with Crippen LogP contribution in [0.25, 0.3) is 0 Å². The van der Waals surface area contributed by atoms with Crippen LogP contribution < -0.4 is 11.1 Å². The fourth-order valence-electron chi connectivity index (χ4n) is 1.21. The standard InChI is InChI=1S/C11H24N2O2/c1-4-10(5-6-12)7-13-11(14)15-8-9(2)3/h9-10H,4-8,12H2,1-3H3,(H,13,14). The summed E-state index contributed by atoms with van der Waals surface area (Å²) in [4.78, 5) is 11.2. The summed E-state index contributed by atoms with van der Waals surface area (Å²) < 4.78 is 5.00. The van der Waals surface area contributed by atoms with Gasteiger partial charge in [-0.05, 0) is 24.8 Å². The van der Waals surface area contributed by atoms with Crippen LogP contribution in [0.15, 0.2) is 0 Å². The van der Waals surface area contributed by atoms with Crippen LogP contribution in [0, 0.1) is 11.8 Å². The number of nitrogens with two attached hydrogens (primary N) is 1. The predicted molar refractivity (Wildman–Crippen MR) is 61.6 cm³/mol. The van der Waals surface area contributed by atoms with Crippen molar-refractivity contribution in [3.63, 3.8) is 0 Å². The van der Waals surface area contributed by atoms with Gasteiger partial charge in [-0.1, -0.05) is 27.2 Å². The number of alkyl carbamates (subject to hydrolysis) is 1. The van der Waals surface area contributed by atoms with Crippen molar-refractivity contribution in [1.29, 1.82) is 0 Å². The summed E-state index contributed by atoms with van der Waals surface area (Å²) in [5.41, 5.74) is 5.47. The Labute approximate surface area is 92.6 Å². The van der Waals surface area contributed by atoms with Gasteiger partial charge in [0.2, 0.25) is 0 Å². The highest BCUT2D eigenvalue weighted by Crippen LogP contribution is 2.05. The molecule has 0 fully saturated rings. The lowest BCUT2D eigenvalue weighted by Crippen LogP contribution is -2.31. The zero-order chi connectivity index (χ0) is 11.7. The molecule has 1 amide bonds. The maximum absolute atomic E-state index is 11.2. The molecule has 0 aromatic heterocycles. The molecule has 4 nitrogen and oxygen atoms in total. The van der Waals surface area contributed by atoms with Gasteiger partial charge in [0.25, 0.3) is 0 Å². The third-order valence-corrected chi connectivity index (χ3v) is 2.24. The number of hydrogen-bond donors (Lipinski definition) is 2. The molecule has 0 rings (SSSR count). The molecule has 0 aliphatic rings. The van der Waals surface area contributed by atoms with Gasteiger partial charge in [-0.2, -0.15) is 0 Å². The fraction of sp³-hybridized carbons (Fsp3) is 0.909. The van der Waals surface area contributed by atoms with Crippen molar-refractivity contribution < 1.29 is 9.53 Å². The molecular formula is C11H24N2O2. The number of carbonyl (C=O) groups is 1. The minimum Gasteiger partial charge on any atom is -0.449 e. The molecular weight excluding hydrogens is 192 g/mol. The zero-order valence-electron chi connectivity index (χ0n) is 10.1. The van der Waals surface area contributed by atoms with Gasteiger partial charge in [-0.25, -0.2) is 4.79 Å². The quantitative estimate of drug-likeness (QED) is 0.681. The smallest absolute Gasteiger partial charge is 0.407 e. The van der Waals surface area contributed by atoms with Gasteiger partial charge in [-0.15, -0.1) is 0 Å². The summed E-state index contributed by atoms with van der Waals surface area (Å²) in [6.45, 7) is 7.92. The maximum atomic E-state index is 11.2.